The number of nitrogens with one attached hydrogen (secondary N) is 3. The Kier molecular flexibility index (Phi) is 10.2. The lowest BCUT2D eigenvalue weighted by atomic mass is 9.98. The van der Waals surface area contributed by atoms with E-state index in [4.69, 9.17) is 14.9 Å². The minimum absolute atomic E-state index is 0.0602. The lowest BCUT2D eigenvalue weighted by Gasteiger charge is -2.31. The molecule has 0 fully saturated rings. The maximum Gasteiger partial charge on any atom is 0.490 e. The van der Waals surface area contributed by atoms with Gasteiger partial charge >= 0.3 is 18.2 Å². The number of halogens is 5. The Bertz CT molecular complexity index is 1510. The zero-order chi connectivity index (χ0) is 32.1. The van der Waals surface area contributed by atoms with Crippen LogP contribution in [0.2, 0.25) is 0 Å². The average molecular weight is 610 g/mol. The van der Waals surface area contributed by atoms with Crippen molar-refractivity contribution >= 4 is 35.4 Å². The van der Waals surface area contributed by atoms with Crippen LogP contribution in [-0.2, 0) is 11.3 Å². The lowest BCUT2D eigenvalue weighted by Crippen LogP contribution is -2.43. The maximum atomic E-state index is 14.8. The number of para-hydroxylation sites is 1. The third kappa shape index (κ3) is 7.71. The molecular weight excluding hydrogens is 581 g/mol. The normalized spacial score (nSPS) is 12.6. The molecule has 43 heavy (non-hydrogen) atoms. The number of carbonyl (C=O) groups excluding carboxylic acids is 2. The smallest absolute Gasteiger partial charge is 0.475 e. The molecule has 4 rings (SSSR count). The van der Waals surface area contributed by atoms with Crippen LogP contribution in [0.25, 0.3) is 11.3 Å². The second kappa shape index (κ2) is 13.4. The largest absolute Gasteiger partial charge is 0.490 e. The van der Waals surface area contributed by atoms with E-state index in [1.165, 1.54) is 6.07 Å². The predicted octanol–water partition coefficient (Wildman–Crippen LogP) is 4.06. The van der Waals surface area contributed by atoms with Crippen LogP contribution in [0.1, 0.15) is 21.5 Å². The molecule has 1 aliphatic heterocycles. The third-order valence-electron chi connectivity index (χ3n) is 6.03. The van der Waals surface area contributed by atoms with Crippen molar-refractivity contribution in [1.29, 1.82) is 0 Å². The van der Waals surface area contributed by atoms with Crippen LogP contribution in [0.4, 0.5) is 44.2 Å². The van der Waals surface area contributed by atoms with E-state index in [0.29, 0.717) is 35.5 Å². The number of carboxylic acid groups (broad SMARTS) is 1. The molecule has 1 aromatic heterocycles. The monoisotopic (exact) mass is 609 g/mol. The number of urea groups is 1. The van der Waals surface area contributed by atoms with Gasteiger partial charge in [0.25, 0.3) is 5.91 Å². The first-order valence-corrected chi connectivity index (χ1v) is 12.6. The highest BCUT2D eigenvalue weighted by Gasteiger charge is 2.38. The SMILES string of the molecule is CNC(=O)c1ccc(-c2nc(NCCN(C)C)nc3c2CNC(=O)N3c2c(F)cccc2F)c(C)c1.O=C(O)C(F)(F)F. The van der Waals surface area contributed by atoms with Crippen LogP contribution in [0.3, 0.4) is 0 Å². The number of rotatable bonds is 7. The van der Waals surface area contributed by atoms with E-state index in [0.717, 1.165) is 22.6 Å². The molecule has 0 saturated carbocycles. The van der Waals surface area contributed by atoms with Gasteiger partial charge in [0, 0.05) is 36.8 Å². The van der Waals surface area contributed by atoms with E-state index in [1.54, 1.807) is 25.2 Å². The van der Waals surface area contributed by atoms with Gasteiger partial charge in [-0.25, -0.2) is 28.3 Å². The summed E-state index contributed by atoms with van der Waals surface area (Å²) in [7, 11) is 5.40. The quantitative estimate of drug-likeness (QED) is 0.294. The van der Waals surface area contributed by atoms with Gasteiger partial charge in [-0.3, -0.25) is 4.79 Å². The van der Waals surface area contributed by atoms with Crippen molar-refractivity contribution in [3.05, 3.63) is 64.7 Å². The highest BCUT2D eigenvalue weighted by Crippen LogP contribution is 2.39. The topological polar surface area (TPSA) is 140 Å². The minimum Gasteiger partial charge on any atom is -0.475 e. The number of amides is 3. The number of carboxylic acids is 1. The summed E-state index contributed by atoms with van der Waals surface area (Å²) < 4.78 is 61.3. The fourth-order valence-electron chi connectivity index (χ4n) is 3.98. The van der Waals surface area contributed by atoms with Crippen molar-refractivity contribution in [2.24, 2.45) is 0 Å². The van der Waals surface area contributed by atoms with Gasteiger partial charge in [-0.2, -0.15) is 18.2 Å². The van der Waals surface area contributed by atoms with Crippen molar-refractivity contribution in [1.82, 2.24) is 25.5 Å². The maximum absolute atomic E-state index is 14.8. The number of aryl methyl sites for hydroxylation is 1. The van der Waals surface area contributed by atoms with Crippen molar-refractivity contribution in [2.45, 2.75) is 19.6 Å². The molecule has 0 atom stereocenters. The molecule has 1 aliphatic rings. The van der Waals surface area contributed by atoms with Crippen LogP contribution in [-0.4, -0.2) is 78.3 Å². The first kappa shape index (κ1) is 32.7. The molecule has 0 unspecified atom stereocenters. The average Bonchev–Trinajstić information content (AvgIpc) is 2.92. The molecule has 0 aliphatic carbocycles. The van der Waals surface area contributed by atoms with Crippen molar-refractivity contribution in [3.63, 3.8) is 0 Å². The molecule has 0 spiro atoms. The van der Waals surface area contributed by atoms with Gasteiger partial charge in [-0.15, -0.1) is 0 Å². The van der Waals surface area contributed by atoms with E-state index in [2.05, 4.69) is 20.9 Å². The van der Waals surface area contributed by atoms with Crippen LogP contribution in [0.15, 0.2) is 36.4 Å². The summed E-state index contributed by atoms with van der Waals surface area (Å²) in [4.78, 5) is 46.0. The zero-order valence-corrected chi connectivity index (χ0v) is 23.4. The van der Waals surface area contributed by atoms with Gasteiger partial charge < -0.3 is 26.0 Å². The molecule has 0 radical (unpaired) electrons. The molecule has 2 aromatic carbocycles. The number of benzene rings is 2. The number of likely N-dealkylation sites (N-methyl/N-ethyl adjacent to an activating group) is 1. The predicted molar refractivity (Wildman–Crippen MR) is 147 cm³/mol. The zero-order valence-electron chi connectivity index (χ0n) is 23.4. The number of carbonyl (C=O) groups is 3. The Labute approximate surface area is 242 Å². The molecule has 3 amide bonds. The van der Waals surface area contributed by atoms with E-state index in [1.807, 2.05) is 25.9 Å². The van der Waals surface area contributed by atoms with Crippen LogP contribution in [0, 0.1) is 18.6 Å². The number of aromatic nitrogens is 2. The summed E-state index contributed by atoms with van der Waals surface area (Å²) in [6, 6.07) is 7.86. The second-order valence-corrected chi connectivity index (χ2v) is 9.40. The van der Waals surface area contributed by atoms with E-state index in [9.17, 15) is 31.5 Å². The molecule has 230 valence electrons. The lowest BCUT2D eigenvalue weighted by molar-refractivity contribution is -0.192. The van der Waals surface area contributed by atoms with E-state index in [-0.39, 0.29) is 24.2 Å². The summed E-state index contributed by atoms with van der Waals surface area (Å²) in [5.41, 5.74) is 2.39. The van der Waals surface area contributed by atoms with Crippen molar-refractivity contribution < 1.29 is 41.4 Å². The molecule has 16 heteroatoms. The number of hydrogen-bond acceptors (Lipinski definition) is 7. The first-order valence-electron chi connectivity index (χ1n) is 12.6. The minimum atomic E-state index is -5.08. The summed E-state index contributed by atoms with van der Waals surface area (Å²) in [5.74, 6) is -4.49. The number of anilines is 3. The summed E-state index contributed by atoms with van der Waals surface area (Å²) in [6.45, 7) is 3.08. The number of alkyl halides is 3. The number of aliphatic carboxylic acids is 1. The highest BCUT2D eigenvalue weighted by atomic mass is 19.4. The van der Waals surface area contributed by atoms with Crippen LogP contribution >= 0.6 is 0 Å². The van der Waals surface area contributed by atoms with E-state index < -0.39 is 35.5 Å². The number of hydrogen-bond donors (Lipinski definition) is 4. The molecule has 0 saturated heterocycles. The summed E-state index contributed by atoms with van der Waals surface area (Å²) in [6.07, 6.45) is -5.08. The van der Waals surface area contributed by atoms with Gasteiger partial charge in [0.15, 0.2) is 5.82 Å². The second-order valence-electron chi connectivity index (χ2n) is 9.40. The molecular formula is C27H28F5N7O4. The van der Waals surface area contributed by atoms with Gasteiger partial charge in [-0.05, 0) is 50.8 Å². The summed E-state index contributed by atoms with van der Waals surface area (Å²) in [5, 5.41) is 15.5. The first-order chi connectivity index (χ1) is 20.1. The van der Waals surface area contributed by atoms with Gasteiger partial charge in [-0.1, -0.05) is 12.1 Å². The standard InChI is InChI=1S/C25H27F2N7O2.C2HF3O2/c1-14-12-15(23(35)28-2)8-9-16(14)20-17-13-30-25(36)34(21-18(26)6-5-7-19(21)27)22(17)32-24(31-20)29-10-11-33(3)4;3-2(4,5)1(6)7/h5-9,12H,10-11,13H2,1-4H3,(H,28,35)(H,30,36)(H,29,31,32);(H,6,7). The Morgan fingerprint density at radius 2 is 1.74 bits per heavy atom. The van der Waals surface area contributed by atoms with Crippen molar-refractivity contribution in [3.8, 4) is 11.3 Å². The van der Waals surface area contributed by atoms with Gasteiger partial charge in [0.1, 0.15) is 17.3 Å². The van der Waals surface area contributed by atoms with Crippen molar-refractivity contribution in [2.75, 3.05) is 44.4 Å². The Morgan fingerprint density at radius 1 is 1.12 bits per heavy atom. The molecule has 0 bridgehead atoms. The molecule has 2 heterocycles. The van der Waals surface area contributed by atoms with Gasteiger partial charge in [0.2, 0.25) is 5.95 Å². The van der Waals surface area contributed by atoms with Gasteiger partial charge in [0.05, 0.1) is 12.2 Å². The van der Waals surface area contributed by atoms with Crippen LogP contribution < -0.4 is 20.9 Å². The number of fused-ring (bicyclic) bond motifs is 1. The molecule has 4 N–H and O–H groups in total. The fourth-order valence-corrected chi connectivity index (χ4v) is 3.98. The third-order valence-corrected chi connectivity index (χ3v) is 6.03. The molecule has 11 nitrogen and oxygen atoms in total. The number of nitrogens with zero attached hydrogens (tertiary/aromatic N) is 4. The van der Waals surface area contributed by atoms with E-state index >= 15 is 0 Å². The summed E-state index contributed by atoms with van der Waals surface area (Å²) >= 11 is 0. The van der Waals surface area contributed by atoms with Crippen LogP contribution in [0.5, 0.6) is 0 Å². The highest BCUT2D eigenvalue weighted by molar-refractivity contribution is 6.02. The Hall–Kier alpha value is -4.86. The molecule has 3 aromatic rings. The Balaban J connectivity index is 0.000000646. The Morgan fingerprint density at radius 3 is 2.28 bits per heavy atom. The fraction of sp³-hybridized carbons (Fsp3) is 0.296.